The predicted molar refractivity (Wildman–Crippen MR) is 74.4 cm³/mol. The predicted octanol–water partition coefficient (Wildman–Crippen LogP) is 2.79. The molecule has 0 aromatic carbocycles. The Balaban J connectivity index is 1.96. The molecule has 0 radical (unpaired) electrons. The smallest absolute Gasteiger partial charge is 0.407 e. The second-order valence-corrected chi connectivity index (χ2v) is 7.24. The minimum absolute atomic E-state index is 0.179. The zero-order chi connectivity index (χ0) is 15.0. The molecule has 0 aromatic heterocycles. The van der Waals surface area contributed by atoms with E-state index >= 15 is 0 Å². The normalized spacial score (nSPS) is 21.9. The van der Waals surface area contributed by atoms with E-state index in [4.69, 9.17) is 4.74 Å². The molecule has 0 bridgehead atoms. The van der Waals surface area contributed by atoms with Gasteiger partial charge >= 0.3 is 12.1 Å². The molecule has 2 N–H and O–H groups in total. The van der Waals surface area contributed by atoms with Crippen molar-refractivity contribution in [3.8, 4) is 0 Å². The van der Waals surface area contributed by atoms with Crippen molar-refractivity contribution in [3.63, 3.8) is 0 Å². The highest BCUT2D eigenvalue weighted by molar-refractivity contribution is 5.77. The van der Waals surface area contributed by atoms with Crippen LogP contribution in [0.15, 0.2) is 0 Å². The fourth-order valence-corrected chi connectivity index (χ4v) is 2.74. The monoisotopic (exact) mass is 283 g/mol. The zero-order valence-electron chi connectivity index (χ0n) is 12.6. The van der Waals surface area contributed by atoms with E-state index in [2.05, 4.69) is 5.32 Å². The molecule has 2 fully saturated rings. The number of carbonyl (C=O) groups excluding carboxylic acids is 1. The van der Waals surface area contributed by atoms with Gasteiger partial charge < -0.3 is 15.2 Å². The SMILES string of the molecule is CC(C)(C)OC(=O)NCC(CC1CC1)(C(=O)O)C1CC1. The second-order valence-electron chi connectivity index (χ2n) is 7.24. The summed E-state index contributed by atoms with van der Waals surface area (Å²) in [6.45, 7) is 5.56. The molecule has 2 saturated carbocycles. The average Bonchev–Trinajstić information content (AvgIpc) is 3.12. The Bertz CT molecular complexity index is 393. The molecule has 2 aliphatic carbocycles. The first-order valence-corrected chi connectivity index (χ1v) is 7.43. The van der Waals surface area contributed by atoms with Gasteiger partial charge in [-0.25, -0.2) is 4.79 Å². The van der Waals surface area contributed by atoms with E-state index in [-0.39, 0.29) is 12.5 Å². The molecule has 20 heavy (non-hydrogen) atoms. The number of hydrogen-bond acceptors (Lipinski definition) is 3. The van der Waals surface area contributed by atoms with Crippen molar-refractivity contribution in [2.24, 2.45) is 17.3 Å². The fraction of sp³-hybridized carbons (Fsp3) is 0.867. The van der Waals surface area contributed by atoms with Crippen LogP contribution in [0.3, 0.4) is 0 Å². The summed E-state index contributed by atoms with van der Waals surface area (Å²) in [5.74, 6) is -0.0503. The first-order chi connectivity index (χ1) is 9.23. The largest absolute Gasteiger partial charge is 0.481 e. The Kier molecular flexibility index (Phi) is 3.98. The van der Waals surface area contributed by atoms with Gasteiger partial charge in [-0.1, -0.05) is 12.8 Å². The Morgan fingerprint density at radius 1 is 1.20 bits per heavy atom. The minimum atomic E-state index is -0.794. The number of alkyl carbamates (subject to hydrolysis) is 1. The van der Waals surface area contributed by atoms with Gasteiger partial charge in [0.2, 0.25) is 0 Å². The van der Waals surface area contributed by atoms with Crippen LogP contribution < -0.4 is 5.32 Å². The Morgan fingerprint density at radius 3 is 2.20 bits per heavy atom. The van der Waals surface area contributed by atoms with E-state index in [1.165, 1.54) is 0 Å². The van der Waals surface area contributed by atoms with E-state index in [1.54, 1.807) is 20.8 Å². The van der Waals surface area contributed by atoms with Crippen molar-refractivity contribution in [2.75, 3.05) is 6.54 Å². The third-order valence-electron chi connectivity index (χ3n) is 4.08. The molecule has 0 saturated heterocycles. The summed E-state index contributed by atoms with van der Waals surface area (Å²) < 4.78 is 5.19. The lowest BCUT2D eigenvalue weighted by Crippen LogP contribution is -2.46. The van der Waals surface area contributed by atoms with Crippen molar-refractivity contribution < 1.29 is 19.4 Å². The number of aliphatic carboxylic acids is 1. The number of carbonyl (C=O) groups is 2. The van der Waals surface area contributed by atoms with Crippen LogP contribution >= 0.6 is 0 Å². The maximum absolute atomic E-state index is 11.8. The standard InChI is InChI=1S/C15H25NO4/c1-14(2,3)20-13(19)16-9-15(12(17)18,11-6-7-11)8-10-4-5-10/h10-11H,4-9H2,1-3H3,(H,16,19)(H,17,18). The zero-order valence-corrected chi connectivity index (χ0v) is 12.6. The number of amides is 1. The first-order valence-electron chi connectivity index (χ1n) is 7.43. The van der Waals surface area contributed by atoms with Crippen LogP contribution in [0.1, 0.15) is 52.9 Å². The third kappa shape index (κ3) is 3.87. The summed E-state index contributed by atoms with van der Waals surface area (Å²) in [6, 6.07) is 0. The van der Waals surface area contributed by atoms with E-state index in [0.717, 1.165) is 25.7 Å². The van der Waals surface area contributed by atoms with Gasteiger partial charge in [-0.15, -0.1) is 0 Å². The second kappa shape index (κ2) is 5.26. The van der Waals surface area contributed by atoms with Gasteiger partial charge in [0.05, 0.1) is 5.41 Å². The number of carboxylic acids is 1. The summed E-state index contributed by atoms with van der Waals surface area (Å²) in [6.07, 6.45) is 4.30. The van der Waals surface area contributed by atoms with E-state index < -0.39 is 23.1 Å². The van der Waals surface area contributed by atoms with Gasteiger partial charge in [-0.2, -0.15) is 0 Å². The highest BCUT2D eigenvalue weighted by Gasteiger charge is 2.53. The maximum Gasteiger partial charge on any atom is 0.407 e. The van der Waals surface area contributed by atoms with Gasteiger partial charge in [-0.05, 0) is 51.9 Å². The van der Waals surface area contributed by atoms with Gasteiger partial charge in [0.25, 0.3) is 0 Å². The van der Waals surface area contributed by atoms with Gasteiger partial charge in [0.15, 0.2) is 0 Å². The fourth-order valence-electron chi connectivity index (χ4n) is 2.74. The van der Waals surface area contributed by atoms with Gasteiger partial charge in [0.1, 0.15) is 5.60 Å². The van der Waals surface area contributed by atoms with E-state index in [1.807, 2.05) is 0 Å². The lowest BCUT2D eigenvalue weighted by atomic mass is 9.77. The number of rotatable bonds is 6. The molecule has 1 unspecified atom stereocenters. The number of hydrogen-bond donors (Lipinski definition) is 2. The molecular weight excluding hydrogens is 258 g/mol. The molecule has 0 aromatic rings. The summed E-state index contributed by atoms with van der Waals surface area (Å²) >= 11 is 0. The highest BCUT2D eigenvalue weighted by atomic mass is 16.6. The number of ether oxygens (including phenoxy) is 1. The summed E-state index contributed by atoms with van der Waals surface area (Å²) in [7, 11) is 0. The van der Waals surface area contributed by atoms with Crippen LogP contribution in [0.25, 0.3) is 0 Å². The van der Waals surface area contributed by atoms with Crippen LogP contribution in [-0.4, -0.2) is 29.3 Å². The lowest BCUT2D eigenvalue weighted by molar-refractivity contribution is -0.151. The summed E-state index contributed by atoms with van der Waals surface area (Å²) in [5.41, 5.74) is -1.36. The Morgan fingerprint density at radius 2 is 1.80 bits per heavy atom. The molecule has 0 heterocycles. The molecule has 5 heteroatoms. The lowest BCUT2D eigenvalue weighted by Gasteiger charge is -2.30. The maximum atomic E-state index is 11.8. The van der Waals surface area contributed by atoms with Crippen LogP contribution in [-0.2, 0) is 9.53 Å². The van der Waals surface area contributed by atoms with Gasteiger partial charge in [0, 0.05) is 6.54 Å². The van der Waals surface area contributed by atoms with E-state index in [9.17, 15) is 14.7 Å². The van der Waals surface area contributed by atoms with Crippen molar-refractivity contribution in [1.29, 1.82) is 0 Å². The van der Waals surface area contributed by atoms with Crippen molar-refractivity contribution in [2.45, 2.75) is 58.5 Å². The Labute approximate surface area is 120 Å². The van der Waals surface area contributed by atoms with Crippen molar-refractivity contribution in [3.05, 3.63) is 0 Å². The van der Waals surface area contributed by atoms with Gasteiger partial charge in [-0.3, -0.25) is 4.79 Å². The minimum Gasteiger partial charge on any atom is -0.481 e. The molecule has 0 aliphatic heterocycles. The molecule has 0 spiro atoms. The Hall–Kier alpha value is -1.26. The number of nitrogens with one attached hydrogen (secondary N) is 1. The molecule has 1 amide bonds. The number of carboxylic acid groups (broad SMARTS) is 1. The highest BCUT2D eigenvalue weighted by Crippen LogP contribution is 2.52. The molecular formula is C15H25NO4. The third-order valence-corrected chi connectivity index (χ3v) is 4.08. The van der Waals surface area contributed by atoms with Crippen LogP contribution in [0.2, 0.25) is 0 Å². The van der Waals surface area contributed by atoms with Crippen molar-refractivity contribution >= 4 is 12.1 Å². The van der Waals surface area contributed by atoms with Crippen LogP contribution in [0.5, 0.6) is 0 Å². The molecule has 1 atom stereocenters. The molecule has 2 aliphatic rings. The van der Waals surface area contributed by atoms with Crippen LogP contribution in [0, 0.1) is 17.3 Å². The molecule has 5 nitrogen and oxygen atoms in total. The quantitative estimate of drug-likeness (QED) is 0.786. The summed E-state index contributed by atoms with van der Waals surface area (Å²) in [4.78, 5) is 23.5. The van der Waals surface area contributed by atoms with Crippen molar-refractivity contribution in [1.82, 2.24) is 5.32 Å². The average molecular weight is 283 g/mol. The first kappa shape index (κ1) is 15.1. The molecule has 2 rings (SSSR count). The van der Waals surface area contributed by atoms with Crippen LogP contribution in [0.4, 0.5) is 4.79 Å². The topological polar surface area (TPSA) is 75.6 Å². The van der Waals surface area contributed by atoms with E-state index in [0.29, 0.717) is 12.3 Å². The summed E-state index contributed by atoms with van der Waals surface area (Å²) in [5, 5.41) is 12.3. The molecule has 114 valence electrons.